The first-order chi connectivity index (χ1) is 10.1. The predicted molar refractivity (Wildman–Crippen MR) is 86.8 cm³/mol. The highest BCUT2D eigenvalue weighted by molar-refractivity contribution is 5.30. The maximum Gasteiger partial charge on any atom is 0.203 e. The molecule has 1 aliphatic heterocycles. The lowest BCUT2D eigenvalue weighted by Crippen LogP contribution is -2.40. The Bertz CT molecular complexity index is 426. The van der Waals surface area contributed by atoms with Crippen LogP contribution in [0, 0.1) is 6.92 Å². The Kier molecular flexibility index (Phi) is 6.06. The number of anilines is 1. The first kappa shape index (κ1) is 16.3. The largest absolute Gasteiger partial charge is 0.383 e. The van der Waals surface area contributed by atoms with Gasteiger partial charge in [-0.05, 0) is 46.7 Å². The van der Waals surface area contributed by atoms with Crippen LogP contribution in [0.1, 0.15) is 38.8 Å². The van der Waals surface area contributed by atoms with Gasteiger partial charge in [-0.25, -0.2) is 4.98 Å². The zero-order chi connectivity index (χ0) is 15.2. The van der Waals surface area contributed by atoms with E-state index in [1.165, 1.54) is 32.4 Å². The van der Waals surface area contributed by atoms with Crippen molar-refractivity contribution in [2.45, 2.75) is 58.7 Å². The second kappa shape index (κ2) is 7.80. The van der Waals surface area contributed by atoms with E-state index >= 15 is 0 Å². The lowest BCUT2D eigenvalue weighted by molar-refractivity contribution is 0.160. The van der Waals surface area contributed by atoms with E-state index in [0.29, 0.717) is 12.6 Å². The van der Waals surface area contributed by atoms with E-state index in [2.05, 4.69) is 39.8 Å². The van der Waals surface area contributed by atoms with Crippen LogP contribution in [0.3, 0.4) is 0 Å². The van der Waals surface area contributed by atoms with Crippen molar-refractivity contribution in [1.82, 2.24) is 14.5 Å². The molecule has 120 valence electrons. The second-order valence-corrected chi connectivity index (χ2v) is 6.30. The summed E-state index contributed by atoms with van der Waals surface area (Å²) < 4.78 is 7.44. The first-order valence-electron chi connectivity index (χ1n) is 8.13. The summed E-state index contributed by atoms with van der Waals surface area (Å²) in [4.78, 5) is 7.21. The van der Waals surface area contributed by atoms with Crippen LogP contribution in [0.15, 0.2) is 6.20 Å². The van der Waals surface area contributed by atoms with Crippen molar-refractivity contribution in [3.8, 4) is 0 Å². The molecular formula is C16H30N4O. The highest BCUT2D eigenvalue weighted by Crippen LogP contribution is 2.16. The van der Waals surface area contributed by atoms with Crippen molar-refractivity contribution in [2.24, 2.45) is 0 Å². The van der Waals surface area contributed by atoms with Gasteiger partial charge in [0.05, 0.1) is 12.3 Å². The molecule has 5 nitrogen and oxygen atoms in total. The van der Waals surface area contributed by atoms with Crippen LogP contribution in [0.25, 0.3) is 0 Å². The molecule has 0 aliphatic carbocycles. The molecule has 1 aromatic heterocycles. The number of ether oxygens (including phenoxy) is 1. The lowest BCUT2D eigenvalue weighted by atomic mass is 10.1. The molecule has 2 atom stereocenters. The zero-order valence-electron chi connectivity index (χ0n) is 13.9. The Labute approximate surface area is 128 Å². The molecule has 0 amide bonds. The van der Waals surface area contributed by atoms with E-state index in [-0.39, 0.29) is 6.04 Å². The molecule has 0 spiro atoms. The lowest BCUT2D eigenvalue weighted by Gasteiger charge is -2.32. The molecular weight excluding hydrogens is 264 g/mol. The van der Waals surface area contributed by atoms with Crippen LogP contribution in [-0.4, -0.2) is 53.3 Å². The van der Waals surface area contributed by atoms with Crippen molar-refractivity contribution in [1.29, 1.82) is 0 Å². The number of hydrogen-bond acceptors (Lipinski definition) is 4. The minimum absolute atomic E-state index is 0.265. The van der Waals surface area contributed by atoms with Crippen LogP contribution in [-0.2, 0) is 11.3 Å². The topological polar surface area (TPSA) is 42.3 Å². The van der Waals surface area contributed by atoms with E-state index in [9.17, 15) is 0 Å². The number of nitrogens with one attached hydrogen (secondary N) is 1. The number of likely N-dealkylation sites (tertiary alicyclic amines) is 1. The average Bonchev–Trinajstić information content (AvgIpc) is 2.79. The van der Waals surface area contributed by atoms with Crippen LogP contribution in [0.5, 0.6) is 0 Å². The molecule has 2 heterocycles. The minimum Gasteiger partial charge on any atom is -0.383 e. The Morgan fingerprint density at radius 1 is 1.29 bits per heavy atom. The van der Waals surface area contributed by atoms with Gasteiger partial charge in [0.25, 0.3) is 0 Å². The fraction of sp³-hybridized carbons (Fsp3) is 0.812. The second-order valence-electron chi connectivity index (χ2n) is 6.30. The highest BCUT2D eigenvalue weighted by Gasteiger charge is 2.18. The van der Waals surface area contributed by atoms with Gasteiger partial charge in [-0.1, -0.05) is 6.42 Å². The van der Waals surface area contributed by atoms with E-state index in [0.717, 1.165) is 18.2 Å². The molecule has 2 unspecified atom stereocenters. The average molecular weight is 294 g/mol. The predicted octanol–water partition coefficient (Wildman–Crippen LogP) is 2.51. The standard InChI is InChI=1S/C16H30N4O/c1-13-10-20(16(17-13)18-14(2)12-21-4)11-15(3)19-8-6-5-7-9-19/h10,14-15H,5-9,11-12H2,1-4H3,(H,17,18). The normalized spacial score (nSPS) is 19.4. The quantitative estimate of drug-likeness (QED) is 0.839. The maximum atomic E-state index is 5.19. The Morgan fingerprint density at radius 2 is 2.00 bits per heavy atom. The third kappa shape index (κ3) is 4.71. The molecule has 21 heavy (non-hydrogen) atoms. The fourth-order valence-corrected chi connectivity index (χ4v) is 3.07. The summed E-state index contributed by atoms with van der Waals surface area (Å²) in [5.74, 6) is 0.959. The number of methoxy groups -OCH3 is 1. The van der Waals surface area contributed by atoms with Crippen molar-refractivity contribution >= 4 is 5.95 Å². The van der Waals surface area contributed by atoms with Gasteiger partial charge in [0.15, 0.2) is 0 Å². The number of aromatic nitrogens is 2. The van der Waals surface area contributed by atoms with Gasteiger partial charge < -0.3 is 14.6 Å². The van der Waals surface area contributed by atoms with Gasteiger partial charge in [0.1, 0.15) is 0 Å². The smallest absolute Gasteiger partial charge is 0.203 e. The third-order valence-corrected chi connectivity index (χ3v) is 4.16. The van der Waals surface area contributed by atoms with Gasteiger partial charge in [-0.15, -0.1) is 0 Å². The number of aryl methyl sites for hydroxylation is 1. The number of nitrogens with zero attached hydrogens (tertiary/aromatic N) is 3. The van der Waals surface area contributed by atoms with Gasteiger partial charge in [0.2, 0.25) is 5.95 Å². The summed E-state index contributed by atoms with van der Waals surface area (Å²) >= 11 is 0. The molecule has 1 aromatic rings. The van der Waals surface area contributed by atoms with Crippen molar-refractivity contribution in [3.63, 3.8) is 0 Å². The third-order valence-electron chi connectivity index (χ3n) is 4.16. The van der Waals surface area contributed by atoms with Crippen molar-refractivity contribution < 1.29 is 4.74 Å². The molecule has 1 saturated heterocycles. The van der Waals surface area contributed by atoms with Crippen LogP contribution in [0.2, 0.25) is 0 Å². The van der Waals surface area contributed by atoms with Crippen LogP contribution in [0.4, 0.5) is 5.95 Å². The van der Waals surface area contributed by atoms with Crippen LogP contribution < -0.4 is 5.32 Å². The van der Waals surface area contributed by atoms with Crippen LogP contribution >= 0.6 is 0 Å². The SMILES string of the molecule is COCC(C)Nc1nc(C)cn1CC(C)N1CCCCC1. The summed E-state index contributed by atoms with van der Waals surface area (Å²) in [5, 5.41) is 3.45. The number of imidazole rings is 1. The Morgan fingerprint density at radius 3 is 2.67 bits per heavy atom. The Balaban J connectivity index is 1.98. The molecule has 1 N–H and O–H groups in total. The van der Waals surface area contributed by atoms with Gasteiger partial charge in [-0.2, -0.15) is 0 Å². The van der Waals surface area contributed by atoms with Gasteiger partial charge >= 0.3 is 0 Å². The van der Waals surface area contributed by atoms with Crippen molar-refractivity contribution in [2.75, 3.05) is 32.1 Å². The molecule has 1 aliphatic rings. The number of rotatable bonds is 7. The summed E-state index contributed by atoms with van der Waals surface area (Å²) in [6.07, 6.45) is 6.20. The molecule has 0 radical (unpaired) electrons. The van der Waals surface area contributed by atoms with E-state index in [4.69, 9.17) is 4.74 Å². The monoisotopic (exact) mass is 294 g/mol. The molecule has 0 aromatic carbocycles. The maximum absolute atomic E-state index is 5.19. The summed E-state index contributed by atoms with van der Waals surface area (Å²) in [6.45, 7) is 10.6. The van der Waals surface area contributed by atoms with Gasteiger partial charge in [-0.3, -0.25) is 4.90 Å². The van der Waals surface area contributed by atoms with E-state index in [1.807, 2.05) is 6.92 Å². The fourth-order valence-electron chi connectivity index (χ4n) is 3.07. The summed E-state index contributed by atoms with van der Waals surface area (Å²) in [7, 11) is 1.73. The van der Waals surface area contributed by atoms with Gasteiger partial charge in [0, 0.05) is 31.9 Å². The molecule has 0 bridgehead atoms. The van der Waals surface area contributed by atoms with Crippen molar-refractivity contribution in [3.05, 3.63) is 11.9 Å². The molecule has 0 saturated carbocycles. The zero-order valence-corrected chi connectivity index (χ0v) is 13.9. The summed E-state index contributed by atoms with van der Waals surface area (Å²) in [5.41, 5.74) is 1.06. The van der Waals surface area contributed by atoms with E-state index in [1.54, 1.807) is 7.11 Å². The summed E-state index contributed by atoms with van der Waals surface area (Å²) in [6, 6.07) is 0.818. The highest BCUT2D eigenvalue weighted by atomic mass is 16.5. The minimum atomic E-state index is 0.265. The number of hydrogen-bond donors (Lipinski definition) is 1. The molecule has 1 fully saturated rings. The molecule has 5 heteroatoms. The number of piperidine rings is 1. The first-order valence-corrected chi connectivity index (χ1v) is 8.13. The molecule has 2 rings (SSSR count). The Hall–Kier alpha value is -1.07. The van der Waals surface area contributed by atoms with E-state index < -0.39 is 0 Å².